The summed E-state index contributed by atoms with van der Waals surface area (Å²) in [5, 5.41) is 3.48. The van der Waals surface area contributed by atoms with E-state index in [9.17, 15) is 18.0 Å². The molecule has 0 heterocycles. The molecular weight excluding hydrogens is 485 g/mol. The van der Waals surface area contributed by atoms with Crippen LogP contribution in [0.3, 0.4) is 0 Å². The van der Waals surface area contributed by atoms with Gasteiger partial charge in [-0.1, -0.05) is 54.4 Å². The van der Waals surface area contributed by atoms with Gasteiger partial charge in [0.05, 0.1) is 11.9 Å². The summed E-state index contributed by atoms with van der Waals surface area (Å²) in [4.78, 5) is 27.2. The second-order valence-electron chi connectivity index (χ2n) is 7.57. The van der Waals surface area contributed by atoms with Crippen molar-refractivity contribution in [1.29, 1.82) is 0 Å². The number of carbonyl (C=O) groups is 2. The number of halogens is 2. The quantitative estimate of drug-likeness (QED) is 0.490. The van der Waals surface area contributed by atoms with Crippen LogP contribution in [0, 0.1) is 0 Å². The molecule has 180 valence electrons. The zero-order chi connectivity index (χ0) is 24.6. The van der Waals surface area contributed by atoms with Crippen LogP contribution < -0.4 is 9.62 Å². The molecular formula is C23H29Cl2N3O4S. The lowest BCUT2D eigenvalue weighted by molar-refractivity contribution is -0.141. The van der Waals surface area contributed by atoms with Crippen molar-refractivity contribution in [3.8, 4) is 0 Å². The Balaban J connectivity index is 2.20. The first kappa shape index (κ1) is 27.0. The van der Waals surface area contributed by atoms with Crippen molar-refractivity contribution in [1.82, 2.24) is 10.2 Å². The van der Waals surface area contributed by atoms with Gasteiger partial charge < -0.3 is 10.2 Å². The Hall–Kier alpha value is -2.29. The van der Waals surface area contributed by atoms with Crippen LogP contribution in [0.1, 0.15) is 31.7 Å². The average molecular weight is 514 g/mol. The Morgan fingerprint density at radius 3 is 2.30 bits per heavy atom. The smallest absolute Gasteiger partial charge is 0.242 e. The zero-order valence-electron chi connectivity index (χ0n) is 18.9. The van der Waals surface area contributed by atoms with Crippen molar-refractivity contribution >= 4 is 50.7 Å². The molecule has 0 unspecified atom stereocenters. The number of nitrogens with zero attached hydrogens (tertiary/aromatic N) is 2. The summed E-state index contributed by atoms with van der Waals surface area (Å²) in [5.41, 5.74) is 1.20. The molecule has 0 saturated carbocycles. The molecule has 2 rings (SSSR count). The second-order valence-corrected chi connectivity index (χ2v) is 10.3. The van der Waals surface area contributed by atoms with Crippen LogP contribution in [0.2, 0.25) is 10.0 Å². The van der Waals surface area contributed by atoms with Gasteiger partial charge >= 0.3 is 0 Å². The molecule has 1 atom stereocenters. The summed E-state index contributed by atoms with van der Waals surface area (Å²) in [6, 6.07) is 13.0. The summed E-state index contributed by atoms with van der Waals surface area (Å²) in [6.07, 6.45) is 1.90. The highest BCUT2D eigenvalue weighted by Crippen LogP contribution is 2.24. The number of hydrogen-bond donors (Lipinski definition) is 1. The van der Waals surface area contributed by atoms with Crippen LogP contribution in [-0.2, 0) is 26.2 Å². The molecule has 0 spiro atoms. The number of para-hydroxylation sites is 1. The fourth-order valence-corrected chi connectivity index (χ4v) is 4.95. The predicted molar refractivity (Wildman–Crippen MR) is 133 cm³/mol. The monoisotopic (exact) mass is 513 g/mol. The van der Waals surface area contributed by atoms with Crippen LogP contribution in [-0.4, -0.2) is 51.0 Å². The lowest BCUT2D eigenvalue weighted by Crippen LogP contribution is -2.48. The highest BCUT2D eigenvalue weighted by atomic mass is 35.5. The van der Waals surface area contributed by atoms with E-state index < -0.39 is 16.1 Å². The molecule has 0 aliphatic rings. The lowest BCUT2D eigenvalue weighted by Gasteiger charge is -2.31. The number of benzene rings is 2. The van der Waals surface area contributed by atoms with Crippen molar-refractivity contribution in [3.05, 3.63) is 64.1 Å². The Morgan fingerprint density at radius 1 is 1.09 bits per heavy atom. The Labute approximate surface area is 205 Å². The van der Waals surface area contributed by atoms with Gasteiger partial charge in [-0.3, -0.25) is 13.9 Å². The van der Waals surface area contributed by atoms with Crippen molar-refractivity contribution in [2.24, 2.45) is 0 Å². The summed E-state index contributed by atoms with van der Waals surface area (Å²) in [6.45, 7) is 2.10. The van der Waals surface area contributed by atoms with Crippen molar-refractivity contribution < 1.29 is 18.0 Å². The minimum Gasteiger partial charge on any atom is -0.357 e. The number of carbonyl (C=O) groups excluding carboxylic acids is 2. The largest absolute Gasteiger partial charge is 0.357 e. The third-order valence-corrected chi connectivity index (χ3v) is 6.97. The summed E-state index contributed by atoms with van der Waals surface area (Å²) in [7, 11) is -2.00. The zero-order valence-corrected chi connectivity index (χ0v) is 21.3. The number of amides is 2. The van der Waals surface area contributed by atoms with Crippen molar-refractivity contribution in [2.45, 2.75) is 38.8 Å². The van der Waals surface area contributed by atoms with Gasteiger partial charge in [0.15, 0.2) is 0 Å². The number of rotatable bonds is 11. The molecule has 2 aromatic carbocycles. The van der Waals surface area contributed by atoms with Crippen LogP contribution >= 0.6 is 23.2 Å². The van der Waals surface area contributed by atoms with Crippen molar-refractivity contribution in [3.63, 3.8) is 0 Å². The predicted octanol–water partition coefficient (Wildman–Crippen LogP) is 4.09. The van der Waals surface area contributed by atoms with Gasteiger partial charge in [-0.05, 0) is 42.7 Å². The summed E-state index contributed by atoms with van der Waals surface area (Å²) < 4.78 is 25.8. The van der Waals surface area contributed by atoms with Gasteiger partial charge in [0.2, 0.25) is 21.8 Å². The molecule has 0 saturated heterocycles. The van der Waals surface area contributed by atoms with E-state index in [1.165, 1.54) is 16.3 Å². The molecule has 0 aliphatic heterocycles. The molecule has 33 heavy (non-hydrogen) atoms. The Morgan fingerprint density at radius 2 is 1.76 bits per heavy atom. The molecule has 0 aromatic heterocycles. The number of likely N-dealkylation sites (N-methyl/N-ethyl adjacent to an activating group) is 1. The molecule has 1 N–H and O–H groups in total. The maximum absolute atomic E-state index is 13.2. The highest BCUT2D eigenvalue weighted by Gasteiger charge is 2.28. The molecule has 10 heteroatoms. The molecule has 0 fully saturated rings. The van der Waals surface area contributed by atoms with E-state index in [1.807, 2.05) is 6.92 Å². The number of sulfonamides is 1. The van der Waals surface area contributed by atoms with E-state index in [0.717, 1.165) is 6.26 Å². The maximum atomic E-state index is 13.2. The van der Waals surface area contributed by atoms with Gasteiger partial charge in [-0.25, -0.2) is 8.42 Å². The van der Waals surface area contributed by atoms with Gasteiger partial charge in [0.1, 0.15) is 6.04 Å². The fourth-order valence-electron chi connectivity index (χ4n) is 3.52. The van der Waals surface area contributed by atoms with Crippen LogP contribution in [0.25, 0.3) is 0 Å². The number of hydrogen-bond acceptors (Lipinski definition) is 4. The van der Waals surface area contributed by atoms with E-state index in [2.05, 4.69) is 5.32 Å². The Kier molecular flexibility index (Phi) is 10.0. The topological polar surface area (TPSA) is 86.8 Å². The van der Waals surface area contributed by atoms with Crippen LogP contribution in [0.4, 0.5) is 5.69 Å². The molecule has 0 aliphatic carbocycles. The molecule has 2 amide bonds. The highest BCUT2D eigenvalue weighted by molar-refractivity contribution is 7.92. The van der Waals surface area contributed by atoms with Gasteiger partial charge in [-0.15, -0.1) is 0 Å². The first-order chi connectivity index (χ1) is 15.6. The number of anilines is 1. The molecule has 2 aromatic rings. The van der Waals surface area contributed by atoms with E-state index >= 15 is 0 Å². The van der Waals surface area contributed by atoms with E-state index in [0.29, 0.717) is 27.7 Å². The molecule has 0 bridgehead atoms. The van der Waals surface area contributed by atoms with Crippen molar-refractivity contribution in [2.75, 3.05) is 24.2 Å². The summed E-state index contributed by atoms with van der Waals surface area (Å²) >= 11 is 12.3. The second kappa shape index (κ2) is 12.3. The third-order valence-electron chi connectivity index (χ3n) is 5.18. The first-order valence-electron chi connectivity index (χ1n) is 10.6. The lowest BCUT2D eigenvalue weighted by atomic mass is 10.1. The average Bonchev–Trinajstić information content (AvgIpc) is 2.77. The Bertz CT molecular complexity index is 1060. The van der Waals surface area contributed by atoms with Gasteiger partial charge in [-0.2, -0.15) is 0 Å². The number of nitrogens with one attached hydrogen (secondary N) is 1. The molecule has 0 radical (unpaired) electrons. The van der Waals surface area contributed by atoms with Crippen LogP contribution in [0.15, 0.2) is 48.5 Å². The van der Waals surface area contributed by atoms with E-state index in [-0.39, 0.29) is 37.7 Å². The fraction of sp³-hybridized carbons (Fsp3) is 0.391. The minimum absolute atomic E-state index is 0.0670. The van der Waals surface area contributed by atoms with Gasteiger partial charge in [0.25, 0.3) is 0 Å². The standard InChI is InChI=1S/C23H29Cl2N3O4S/c1-4-21(23(30)26-2)27(16-17-12-13-18(24)15-20(17)25)22(29)11-8-14-28(33(3,31)32)19-9-6-5-7-10-19/h5-7,9-10,12-13,15,21H,4,8,11,14,16H2,1-3H3,(H,26,30)/t21-/m1/s1. The van der Waals surface area contributed by atoms with E-state index in [4.69, 9.17) is 23.2 Å². The normalized spacial score (nSPS) is 12.2. The maximum Gasteiger partial charge on any atom is 0.242 e. The minimum atomic E-state index is -3.52. The summed E-state index contributed by atoms with van der Waals surface area (Å²) in [5.74, 6) is -0.545. The molecule has 7 nitrogen and oxygen atoms in total. The van der Waals surface area contributed by atoms with Crippen LogP contribution in [0.5, 0.6) is 0 Å². The van der Waals surface area contributed by atoms with Gasteiger partial charge in [0, 0.05) is 36.6 Å². The van der Waals surface area contributed by atoms with E-state index in [1.54, 1.807) is 48.5 Å². The third kappa shape index (κ3) is 7.62. The SMILES string of the molecule is CC[C@H](C(=O)NC)N(Cc1ccc(Cl)cc1Cl)C(=O)CCCN(c1ccccc1)S(C)(=O)=O. The first-order valence-corrected chi connectivity index (χ1v) is 13.2.